The minimum atomic E-state index is -1.11. The van der Waals surface area contributed by atoms with Crippen molar-refractivity contribution in [2.75, 3.05) is 7.05 Å². The number of amides is 2. The molecule has 0 saturated carbocycles. The smallest absolute Gasteiger partial charge is 0.304 e. The third-order valence-corrected chi connectivity index (χ3v) is 4.88. The maximum Gasteiger partial charge on any atom is 0.304 e. The average Bonchev–Trinajstić information content (AvgIpc) is 3.12. The molecule has 0 bridgehead atoms. The first kappa shape index (κ1) is 22.3. The van der Waals surface area contributed by atoms with E-state index in [9.17, 15) is 23.9 Å². The molecule has 1 unspecified atom stereocenters. The molecule has 3 N–H and O–H groups in total. The molecular weight excluding hydrogens is 375 g/mol. The van der Waals surface area contributed by atoms with Gasteiger partial charge in [0.15, 0.2) is 0 Å². The Morgan fingerprint density at radius 2 is 1.76 bits per heavy atom. The van der Waals surface area contributed by atoms with E-state index in [1.54, 1.807) is 24.3 Å². The summed E-state index contributed by atoms with van der Waals surface area (Å²) in [7, 11) is 1.48. The van der Waals surface area contributed by atoms with Crippen LogP contribution in [0.15, 0.2) is 48.1 Å². The predicted molar refractivity (Wildman–Crippen MR) is 108 cm³/mol. The van der Waals surface area contributed by atoms with Gasteiger partial charge in [-0.1, -0.05) is 51.1 Å². The number of hydrogen-bond acceptors (Lipinski definition) is 3. The predicted octanol–water partition coefficient (Wildman–Crippen LogP) is 2.77. The molecule has 0 saturated heterocycles. The van der Waals surface area contributed by atoms with Crippen LogP contribution in [0.5, 0.6) is 0 Å². The molecule has 29 heavy (non-hydrogen) atoms. The largest absolute Gasteiger partial charge is 0.481 e. The number of nitrogens with one attached hydrogen (secondary N) is 2. The summed E-state index contributed by atoms with van der Waals surface area (Å²) in [6.45, 7) is 5.45. The number of carbonyl (C=O) groups is 3. The maximum atomic E-state index is 13.2. The van der Waals surface area contributed by atoms with Gasteiger partial charge in [0.05, 0.1) is 12.3 Å². The van der Waals surface area contributed by atoms with Crippen molar-refractivity contribution in [1.29, 1.82) is 0 Å². The van der Waals surface area contributed by atoms with E-state index in [2.05, 4.69) is 10.6 Å². The molecule has 0 radical (unpaired) electrons. The van der Waals surface area contributed by atoms with E-state index >= 15 is 0 Å². The van der Waals surface area contributed by atoms with E-state index in [1.807, 2.05) is 26.8 Å². The molecule has 1 aromatic carbocycles. The van der Waals surface area contributed by atoms with Crippen LogP contribution in [0.25, 0.3) is 0 Å². The topological polar surface area (TPSA) is 95.5 Å². The highest BCUT2D eigenvalue weighted by Crippen LogP contribution is 2.32. The summed E-state index contributed by atoms with van der Waals surface area (Å²) in [5.41, 5.74) is 0.842. The Labute approximate surface area is 169 Å². The Morgan fingerprint density at radius 1 is 1.14 bits per heavy atom. The molecular formula is C22H27FN2O4. The van der Waals surface area contributed by atoms with Crippen LogP contribution in [-0.2, 0) is 14.4 Å². The van der Waals surface area contributed by atoms with Crippen LogP contribution in [0.4, 0.5) is 4.39 Å². The lowest BCUT2D eigenvalue weighted by Crippen LogP contribution is -2.54. The fourth-order valence-electron chi connectivity index (χ4n) is 3.26. The summed E-state index contributed by atoms with van der Waals surface area (Å²) in [4.78, 5) is 36.6. The molecule has 2 rings (SSSR count). The summed E-state index contributed by atoms with van der Waals surface area (Å²) < 4.78 is 13.2. The number of aliphatic carboxylic acids is 1. The number of carboxylic acids is 1. The van der Waals surface area contributed by atoms with Crippen molar-refractivity contribution in [1.82, 2.24) is 10.6 Å². The minimum absolute atomic E-state index is 0.174. The third-order valence-electron chi connectivity index (χ3n) is 4.88. The van der Waals surface area contributed by atoms with Gasteiger partial charge in [-0.05, 0) is 28.7 Å². The summed E-state index contributed by atoms with van der Waals surface area (Å²) >= 11 is 0. The van der Waals surface area contributed by atoms with Crippen molar-refractivity contribution in [3.63, 3.8) is 0 Å². The van der Waals surface area contributed by atoms with Gasteiger partial charge in [0.1, 0.15) is 11.9 Å². The zero-order chi connectivity index (χ0) is 21.8. The van der Waals surface area contributed by atoms with Gasteiger partial charge < -0.3 is 15.7 Å². The van der Waals surface area contributed by atoms with E-state index in [0.29, 0.717) is 5.57 Å². The van der Waals surface area contributed by atoms with Crippen LogP contribution in [-0.4, -0.2) is 36.0 Å². The second-order valence-corrected chi connectivity index (χ2v) is 8.18. The highest BCUT2D eigenvalue weighted by atomic mass is 19.1. The first-order valence-corrected chi connectivity index (χ1v) is 9.42. The SMILES string of the molecule is CNC(=O)[C@@H](NC(=O)[C@@H](CC(=O)O)C1=CC(c2ccc(F)cc2)C=C1)C(C)(C)C. The lowest BCUT2D eigenvalue weighted by Gasteiger charge is -2.31. The highest BCUT2D eigenvalue weighted by molar-refractivity contribution is 5.92. The fraction of sp³-hybridized carbons (Fsp3) is 0.409. The Balaban J connectivity index is 2.27. The van der Waals surface area contributed by atoms with Crippen molar-refractivity contribution in [3.8, 4) is 0 Å². The number of rotatable bonds is 7. The molecule has 156 valence electrons. The Hall–Kier alpha value is -2.96. The average molecular weight is 402 g/mol. The Bertz CT molecular complexity index is 837. The fourth-order valence-corrected chi connectivity index (χ4v) is 3.26. The number of allylic oxidation sites excluding steroid dienone is 3. The zero-order valence-electron chi connectivity index (χ0n) is 17.0. The lowest BCUT2D eigenvalue weighted by molar-refractivity contribution is -0.141. The van der Waals surface area contributed by atoms with E-state index in [-0.39, 0.29) is 17.6 Å². The number of carboxylic acid groups (broad SMARTS) is 1. The van der Waals surface area contributed by atoms with Crippen LogP contribution < -0.4 is 10.6 Å². The van der Waals surface area contributed by atoms with Gasteiger partial charge in [-0.3, -0.25) is 14.4 Å². The third kappa shape index (κ3) is 5.76. The molecule has 1 aliphatic rings. The molecule has 0 heterocycles. The standard InChI is InChI=1S/C22H27FN2O4/c1-22(2,3)19(21(29)24-4)25-20(28)17(12-18(26)27)15-6-5-14(11-15)13-7-9-16(23)10-8-13/h5-11,14,17,19H,12H2,1-4H3,(H,24,29)(H,25,28)(H,26,27)/t14?,17-,19+/m0/s1. The summed E-state index contributed by atoms with van der Waals surface area (Å²) in [5, 5.41) is 14.5. The van der Waals surface area contributed by atoms with Gasteiger partial charge in [0, 0.05) is 13.0 Å². The van der Waals surface area contributed by atoms with Gasteiger partial charge in [-0.25, -0.2) is 4.39 Å². The molecule has 1 aliphatic carbocycles. The van der Waals surface area contributed by atoms with E-state index in [0.717, 1.165) is 5.56 Å². The van der Waals surface area contributed by atoms with Crippen molar-refractivity contribution in [2.45, 2.75) is 39.2 Å². The minimum Gasteiger partial charge on any atom is -0.481 e. The van der Waals surface area contributed by atoms with Crippen LogP contribution >= 0.6 is 0 Å². The molecule has 3 atom stereocenters. The zero-order valence-corrected chi connectivity index (χ0v) is 17.0. The number of halogens is 1. The van der Waals surface area contributed by atoms with Crippen LogP contribution in [0, 0.1) is 17.2 Å². The number of carbonyl (C=O) groups excluding carboxylic acids is 2. The van der Waals surface area contributed by atoms with Crippen LogP contribution in [0.2, 0.25) is 0 Å². The number of benzene rings is 1. The van der Waals surface area contributed by atoms with E-state index < -0.39 is 35.7 Å². The highest BCUT2D eigenvalue weighted by Gasteiger charge is 2.35. The Morgan fingerprint density at radius 3 is 2.28 bits per heavy atom. The van der Waals surface area contributed by atoms with Gasteiger partial charge in [-0.2, -0.15) is 0 Å². The first-order chi connectivity index (χ1) is 13.5. The van der Waals surface area contributed by atoms with Crippen molar-refractivity contribution in [2.24, 2.45) is 11.3 Å². The summed E-state index contributed by atoms with van der Waals surface area (Å²) in [5.74, 6) is -3.44. The lowest BCUT2D eigenvalue weighted by atomic mass is 9.85. The number of likely N-dealkylation sites (N-methyl/N-ethyl adjacent to an activating group) is 1. The van der Waals surface area contributed by atoms with Gasteiger partial charge in [-0.15, -0.1) is 0 Å². The monoisotopic (exact) mass is 402 g/mol. The van der Waals surface area contributed by atoms with Crippen molar-refractivity contribution < 1.29 is 23.9 Å². The van der Waals surface area contributed by atoms with Crippen molar-refractivity contribution >= 4 is 17.8 Å². The molecule has 0 spiro atoms. The first-order valence-electron chi connectivity index (χ1n) is 9.42. The second-order valence-electron chi connectivity index (χ2n) is 8.18. The molecule has 0 aromatic heterocycles. The molecule has 1 aromatic rings. The second kappa shape index (κ2) is 9.03. The molecule has 2 amide bonds. The Kier molecular flexibility index (Phi) is 6.95. The van der Waals surface area contributed by atoms with Crippen molar-refractivity contribution in [3.05, 3.63) is 59.4 Å². The van der Waals surface area contributed by atoms with E-state index in [4.69, 9.17) is 0 Å². The normalized spacial score (nSPS) is 18.0. The van der Waals surface area contributed by atoms with Crippen LogP contribution in [0.3, 0.4) is 0 Å². The molecule has 0 aliphatic heterocycles. The molecule has 0 fully saturated rings. The summed E-state index contributed by atoms with van der Waals surface area (Å²) in [6.07, 6.45) is 4.95. The maximum absolute atomic E-state index is 13.2. The number of hydrogen-bond donors (Lipinski definition) is 3. The summed E-state index contributed by atoms with van der Waals surface area (Å²) in [6, 6.07) is 5.20. The quantitative estimate of drug-likeness (QED) is 0.654. The van der Waals surface area contributed by atoms with Gasteiger partial charge in [0.2, 0.25) is 11.8 Å². The van der Waals surface area contributed by atoms with Gasteiger partial charge >= 0.3 is 5.97 Å². The van der Waals surface area contributed by atoms with Crippen LogP contribution in [0.1, 0.15) is 38.7 Å². The van der Waals surface area contributed by atoms with E-state index in [1.165, 1.54) is 19.2 Å². The molecule has 6 nitrogen and oxygen atoms in total. The molecule has 7 heteroatoms. The van der Waals surface area contributed by atoms with Gasteiger partial charge in [0.25, 0.3) is 0 Å².